The Morgan fingerprint density at radius 2 is 2.09 bits per heavy atom. The summed E-state index contributed by atoms with van der Waals surface area (Å²) in [6.45, 7) is 14.2. The Morgan fingerprint density at radius 1 is 1.43 bits per heavy atom. The highest BCUT2D eigenvalue weighted by Crippen LogP contribution is 2.36. The highest BCUT2D eigenvalue weighted by atomic mass is 28.4. The molecule has 23 heavy (non-hydrogen) atoms. The van der Waals surface area contributed by atoms with E-state index in [4.69, 9.17) is 10.2 Å². The first-order chi connectivity index (χ1) is 10.5. The van der Waals surface area contributed by atoms with E-state index >= 15 is 0 Å². The van der Waals surface area contributed by atoms with E-state index in [0.717, 1.165) is 16.5 Å². The second-order valence-electron chi connectivity index (χ2n) is 7.46. The number of benzene rings is 1. The lowest BCUT2D eigenvalue weighted by molar-refractivity contribution is 0.0996. The van der Waals surface area contributed by atoms with Gasteiger partial charge in [-0.3, -0.25) is 9.48 Å². The minimum absolute atomic E-state index is 0.169. The highest BCUT2D eigenvalue weighted by Gasteiger charge is 2.36. The number of aryl methyl sites for hydroxylation is 1. The molecule has 0 bridgehead atoms. The zero-order chi connectivity index (χ0) is 17.4. The van der Waals surface area contributed by atoms with Crippen LogP contribution < -0.4 is 5.73 Å². The molecule has 1 radical (unpaired) electrons. The molecule has 0 saturated carbocycles. The molecule has 0 unspecified atom stereocenters. The number of carbonyl (C=O) groups excluding carboxylic acids is 1. The zero-order valence-corrected chi connectivity index (χ0v) is 15.9. The molecular formula is C17H26N3O2Si. The van der Waals surface area contributed by atoms with Gasteiger partial charge in [-0.15, -0.1) is 0 Å². The van der Waals surface area contributed by atoms with Crippen LogP contribution in [0.3, 0.4) is 0 Å². The monoisotopic (exact) mass is 332 g/mol. The van der Waals surface area contributed by atoms with Crippen LogP contribution >= 0.6 is 0 Å². The number of primary amides is 1. The topological polar surface area (TPSA) is 70.1 Å². The quantitative estimate of drug-likeness (QED) is 0.854. The van der Waals surface area contributed by atoms with Crippen molar-refractivity contribution >= 4 is 25.1 Å². The van der Waals surface area contributed by atoms with Gasteiger partial charge in [-0.1, -0.05) is 20.8 Å². The van der Waals surface area contributed by atoms with E-state index in [1.807, 2.05) is 19.1 Å². The van der Waals surface area contributed by atoms with E-state index in [-0.39, 0.29) is 5.04 Å². The van der Waals surface area contributed by atoms with Gasteiger partial charge >= 0.3 is 0 Å². The predicted molar refractivity (Wildman–Crippen MR) is 95.0 cm³/mol. The Balaban J connectivity index is 2.23. The molecule has 1 aromatic carbocycles. The molecule has 0 saturated heterocycles. The van der Waals surface area contributed by atoms with Crippen LogP contribution in [0.25, 0.3) is 10.9 Å². The van der Waals surface area contributed by atoms with Crippen molar-refractivity contribution in [3.8, 4) is 0 Å². The molecule has 0 aliphatic heterocycles. The zero-order valence-electron chi connectivity index (χ0n) is 14.9. The van der Waals surface area contributed by atoms with Crippen LogP contribution in [0, 0.1) is 13.0 Å². The number of fused-ring (bicyclic) bond motifs is 1. The van der Waals surface area contributed by atoms with Gasteiger partial charge < -0.3 is 10.2 Å². The number of rotatable bonds is 5. The third-order valence-electron chi connectivity index (χ3n) is 4.63. The van der Waals surface area contributed by atoms with Gasteiger partial charge in [0.05, 0.1) is 18.7 Å². The average Bonchev–Trinajstić information content (AvgIpc) is 2.75. The first-order valence-electron chi connectivity index (χ1n) is 7.85. The van der Waals surface area contributed by atoms with Crippen molar-refractivity contribution in [3.63, 3.8) is 0 Å². The molecular weight excluding hydrogens is 306 g/mol. The molecule has 1 amide bonds. The summed E-state index contributed by atoms with van der Waals surface area (Å²) in [6, 6.07) is 6.91. The summed E-state index contributed by atoms with van der Waals surface area (Å²) in [5, 5.41) is 5.32. The van der Waals surface area contributed by atoms with Crippen molar-refractivity contribution in [1.29, 1.82) is 0 Å². The Bertz CT molecular complexity index is 729. The Morgan fingerprint density at radius 3 is 2.65 bits per heavy atom. The fourth-order valence-corrected chi connectivity index (χ4v) is 3.21. The van der Waals surface area contributed by atoms with E-state index in [0.29, 0.717) is 18.8 Å². The molecule has 2 rings (SSSR count). The van der Waals surface area contributed by atoms with E-state index in [1.54, 1.807) is 4.68 Å². The van der Waals surface area contributed by atoms with Crippen LogP contribution in [0.15, 0.2) is 12.1 Å². The maximum absolute atomic E-state index is 11.6. The molecule has 6 heteroatoms. The van der Waals surface area contributed by atoms with Crippen LogP contribution in [0.4, 0.5) is 0 Å². The second-order valence-corrected chi connectivity index (χ2v) is 12.3. The van der Waals surface area contributed by atoms with E-state index in [9.17, 15) is 4.79 Å². The number of nitrogens with two attached hydrogens (primary N) is 1. The summed E-state index contributed by atoms with van der Waals surface area (Å²) >= 11 is 0. The van der Waals surface area contributed by atoms with Gasteiger partial charge in [0, 0.05) is 5.39 Å². The molecule has 125 valence electrons. The smallest absolute Gasteiger partial charge is 0.269 e. The van der Waals surface area contributed by atoms with Crippen LogP contribution in [-0.2, 0) is 11.0 Å². The third kappa shape index (κ3) is 3.64. The second kappa shape index (κ2) is 6.09. The Hall–Kier alpha value is -1.66. The van der Waals surface area contributed by atoms with Crippen LogP contribution in [0.1, 0.15) is 36.8 Å². The van der Waals surface area contributed by atoms with Crippen molar-refractivity contribution < 1.29 is 9.22 Å². The summed E-state index contributed by atoms with van der Waals surface area (Å²) in [5.74, 6) is -0.510. The van der Waals surface area contributed by atoms with Gasteiger partial charge in [0.25, 0.3) is 5.91 Å². The van der Waals surface area contributed by atoms with Gasteiger partial charge in [0.1, 0.15) is 0 Å². The van der Waals surface area contributed by atoms with Crippen molar-refractivity contribution in [1.82, 2.24) is 9.78 Å². The number of amides is 1. The van der Waals surface area contributed by atoms with Crippen molar-refractivity contribution in [2.45, 2.75) is 52.4 Å². The van der Waals surface area contributed by atoms with E-state index in [1.165, 1.54) is 0 Å². The first-order valence-corrected chi connectivity index (χ1v) is 10.8. The SMILES string of the molecule is Cc1[c]cc2c(c1)c(C(N)=O)nn2CCO[Si](C)(C)C(C)(C)C. The van der Waals surface area contributed by atoms with Crippen molar-refractivity contribution in [3.05, 3.63) is 29.5 Å². The molecule has 5 nitrogen and oxygen atoms in total. The van der Waals surface area contributed by atoms with E-state index in [2.05, 4.69) is 45.0 Å². The van der Waals surface area contributed by atoms with Gasteiger partial charge in [0.15, 0.2) is 14.0 Å². The number of aromatic nitrogens is 2. The Kier molecular flexibility index (Phi) is 4.68. The van der Waals surface area contributed by atoms with Crippen LogP contribution in [0.5, 0.6) is 0 Å². The van der Waals surface area contributed by atoms with Crippen molar-refractivity contribution in [2.24, 2.45) is 5.73 Å². The van der Waals surface area contributed by atoms with Crippen LogP contribution in [-0.4, -0.2) is 30.6 Å². The van der Waals surface area contributed by atoms with Gasteiger partial charge in [0.2, 0.25) is 0 Å². The molecule has 2 N–H and O–H groups in total. The number of hydrogen-bond donors (Lipinski definition) is 1. The molecule has 0 aliphatic rings. The maximum atomic E-state index is 11.6. The first kappa shape index (κ1) is 17.7. The lowest BCUT2D eigenvalue weighted by Crippen LogP contribution is -2.41. The summed E-state index contributed by atoms with van der Waals surface area (Å²) in [5.41, 5.74) is 7.58. The minimum Gasteiger partial charge on any atom is -0.415 e. The fraction of sp³-hybridized carbons (Fsp3) is 0.529. The normalized spacial score (nSPS) is 12.8. The largest absolute Gasteiger partial charge is 0.415 e. The number of nitrogens with zero attached hydrogens (tertiary/aromatic N) is 2. The molecule has 1 heterocycles. The molecule has 0 fully saturated rings. The van der Waals surface area contributed by atoms with Gasteiger partial charge in [-0.25, -0.2) is 0 Å². The summed E-state index contributed by atoms with van der Waals surface area (Å²) < 4.78 is 7.98. The summed E-state index contributed by atoms with van der Waals surface area (Å²) in [6.07, 6.45) is 0. The third-order valence-corrected chi connectivity index (χ3v) is 9.17. The summed E-state index contributed by atoms with van der Waals surface area (Å²) in [4.78, 5) is 11.6. The lowest BCUT2D eigenvalue weighted by Gasteiger charge is -2.36. The molecule has 0 aliphatic carbocycles. The maximum Gasteiger partial charge on any atom is 0.269 e. The Labute approximate surface area is 138 Å². The van der Waals surface area contributed by atoms with Crippen LogP contribution in [0.2, 0.25) is 18.1 Å². The molecule has 0 spiro atoms. The highest BCUT2D eigenvalue weighted by molar-refractivity contribution is 6.74. The molecule has 1 aromatic heterocycles. The number of hydrogen-bond acceptors (Lipinski definition) is 3. The fourth-order valence-electron chi connectivity index (χ4n) is 2.18. The molecule has 0 atom stereocenters. The average molecular weight is 333 g/mol. The van der Waals surface area contributed by atoms with Crippen molar-refractivity contribution in [2.75, 3.05) is 6.61 Å². The predicted octanol–water partition coefficient (Wildman–Crippen LogP) is 3.27. The minimum atomic E-state index is -1.79. The van der Waals surface area contributed by atoms with E-state index < -0.39 is 14.2 Å². The number of carbonyl (C=O) groups is 1. The standard InChI is InChI=1S/C17H26N3O2Si/c1-12-7-8-14-13(11-12)15(16(18)21)19-20(14)9-10-22-23(5,6)17(2,3)4/h8,11H,9-10H2,1-6H3,(H2,18,21). The summed E-state index contributed by atoms with van der Waals surface area (Å²) in [7, 11) is -1.79. The van der Waals surface area contributed by atoms with Gasteiger partial charge in [-0.2, -0.15) is 5.10 Å². The van der Waals surface area contributed by atoms with Gasteiger partial charge in [-0.05, 0) is 48.8 Å². The lowest BCUT2D eigenvalue weighted by atomic mass is 10.1. The molecule has 2 aromatic rings.